The van der Waals surface area contributed by atoms with Gasteiger partial charge in [0.1, 0.15) is 23.0 Å². The quantitative estimate of drug-likeness (QED) is 0.144. The Bertz CT molecular complexity index is 2810. The van der Waals surface area contributed by atoms with Crippen molar-refractivity contribution in [1.29, 1.82) is 0 Å². The number of aromatic hydroxyl groups is 2. The molecule has 3 aromatic rings. The van der Waals surface area contributed by atoms with Crippen molar-refractivity contribution in [3.8, 4) is 17.2 Å². The van der Waals surface area contributed by atoms with Gasteiger partial charge in [0.2, 0.25) is 0 Å². The molecule has 0 amide bonds. The molecule has 20 nitrogen and oxygen atoms in total. The molecule has 1 unspecified atom stereocenters. The molecule has 84 heavy (non-hydrogen) atoms. The normalized spacial score (nSPS) is 24.3. The van der Waals surface area contributed by atoms with Crippen molar-refractivity contribution in [2.24, 2.45) is 39.9 Å². The van der Waals surface area contributed by atoms with E-state index in [0.29, 0.717) is 66.3 Å². The summed E-state index contributed by atoms with van der Waals surface area (Å²) in [6.07, 6.45) is 13.5. The van der Waals surface area contributed by atoms with Crippen LogP contribution in [0.15, 0.2) is 54.6 Å². The molecule has 1 atom stereocenters. The van der Waals surface area contributed by atoms with Crippen LogP contribution in [-0.4, -0.2) is 165 Å². The molecule has 3 aromatic carbocycles. The van der Waals surface area contributed by atoms with Crippen LogP contribution < -0.4 is 39.6 Å². The molecule has 6 aliphatic carbocycles. The summed E-state index contributed by atoms with van der Waals surface area (Å²) in [6.45, 7) is 12.7. The molecule has 7 fully saturated rings. The molecule has 449 valence electrons. The third-order valence-electron chi connectivity index (χ3n) is 17.9. The van der Waals surface area contributed by atoms with E-state index in [1.165, 1.54) is 74.3 Å². The molecule has 4 saturated heterocycles. The van der Waals surface area contributed by atoms with E-state index >= 15 is 0 Å². The van der Waals surface area contributed by atoms with Gasteiger partial charge >= 0.3 is 55.2 Å². The van der Waals surface area contributed by atoms with E-state index in [9.17, 15) is 39.0 Å². The smallest absolute Gasteiger partial charge is 0.508 e. The van der Waals surface area contributed by atoms with E-state index in [4.69, 9.17) is 29.2 Å². The fourth-order valence-corrected chi connectivity index (χ4v) is 13.3. The number of benzene rings is 3. The summed E-state index contributed by atoms with van der Waals surface area (Å²) in [5, 5.41) is 38.7. The van der Waals surface area contributed by atoms with E-state index in [-0.39, 0.29) is 65.0 Å². The van der Waals surface area contributed by atoms with Crippen LogP contribution in [0, 0.1) is 39.9 Å². The number of nitrogens with one attached hydrogen (secondary N) is 1. The van der Waals surface area contributed by atoms with Crippen molar-refractivity contribution >= 4 is 49.3 Å². The molecule has 3 saturated carbocycles. The molecule has 4 heterocycles. The molecule has 0 aromatic heterocycles. The number of carboxylic acid groups (broad SMARTS) is 2. The largest absolute Gasteiger partial charge is 1.00 e. The number of ketones is 1. The first-order valence-corrected chi connectivity index (χ1v) is 28.9. The van der Waals surface area contributed by atoms with Gasteiger partial charge < -0.3 is 54.0 Å². The Labute approximate surface area is 514 Å². The van der Waals surface area contributed by atoms with Gasteiger partial charge in [-0.05, 0) is 147 Å². The maximum Gasteiger partial charge on any atom is 1.00 e. The maximum absolute atomic E-state index is 11.4. The van der Waals surface area contributed by atoms with Crippen molar-refractivity contribution < 1.29 is 112 Å². The third kappa shape index (κ3) is 17.3. The Balaban J connectivity index is 0.000000158. The first-order chi connectivity index (χ1) is 39.6. The van der Waals surface area contributed by atoms with Gasteiger partial charge in [-0.3, -0.25) is 43.4 Å². The molecule has 10 aliphatic rings. The predicted molar refractivity (Wildman–Crippen MR) is 302 cm³/mol. The Morgan fingerprint density at radius 2 is 1.07 bits per heavy atom. The van der Waals surface area contributed by atoms with Gasteiger partial charge in [0.05, 0.1) is 45.2 Å². The van der Waals surface area contributed by atoms with Crippen molar-refractivity contribution in [2.45, 2.75) is 123 Å². The summed E-state index contributed by atoms with van der Waals surface area (Å²) in [4.78, 5) is 77.3. The van der Waals surface area contributed by atoms with Gasteiger partial charge in [-0.25, -0.2) is 0 Å². The molecule has 22 heteroatoms. The van der Waals surface area contributed by atoms with E-state index in [1.807, 2.05) is 12.1 Å². The Morgan fingerprint density at radius 1 is 0.631 bits per heavy atom. The monoisotopic (exact) mass is 1170 g/mol. The standard InChI is InChI=1S/C22H29NO4.C17H21NO3.C11H13NO.C6H8O3.C4H6BO4.C2H4O2.Na/c24-21(25)17-6-19(7-17)23-13-22(14-23)9-16-3-4-20(8-18(16)10-22)27-12-15-2-1-5-26-11-15;1-21-16(20)12-4-14(5-12)18-9-17(10-18)7-11-2-3-15(19)6-13(11)8-17;13-10-2-1-8-4-11(6-12-7-11)5-9(8)3-10;1-9-6(8)4-2-5(7)3-4;1-3(6)8-5-9-4(2)7;1-2(3)4;/h3-4,8,15,17,19H,1-2,5-7,9-14H2,(H,24,25);2-3,6,12,14,19H,4-5,7-10H2,1H3;1-3,12-13H,4-7H2;4H,2-3H2,1H3;1-2H3;1H3,(H,3,4);/q;;;;;;+1. The number of rotatable bonds is 10. The van der Waals surface area contributed by atoms with Gasteiger partial charge in [-0.2, -0.15) is 0 Å². The first-order valence-electron chi connectivity index (χ1n) is 28.9. The number of carbonyl (C=O) groups is 7. The van der Waals surface area contributed by atoms with E-state index in [2.05, 4.69) is 59.5 Å². The number of aliphatic carboxylic acids is 2. The van der Waals surface area contributed by atoms with Crippen LogP contribution >= 0.6 is 0 Å². The summed E-state index contributed by atoms with van der Waals surface area (Å²) in [6, 6.07) is 19.3. The van der Waals surface area contributed by atoms with Gasteiger partial charge in [0.15, 0.2) is 0 Å². The van der Waals surface area contributed by atoms with Gasteiger partial charge in [-0.15, -0.1) is 0 Å². The van der Waals surface area contributed by atoms with Crippen molar-refractivity contribution in [3.05, 3.63) is 88.0 Å². The number of ether oxygens (including phenoxy) is 4. The van der Waals surface area contributed by atoms with Crippen LogP contribution in [0.4, 0.5) is 0 Å². The molecule has 1 radical (unpaired) electrons. The van der Waals surface area contributed by atoms with Crippen LogP contribution in [0.25, 0.3) is 0 Å². The first kappa shape index (κ1) is 66.0. The third-order valence-corrected chi connectivity index (χ3v) is 17.9. The van der Waals surface area contributed by atoms with Crippen LogP contribution in [0.2, 0.25) is 0 Å². The summed E-state index contributed by atoms with van der Waals surface area (Å²) in [7, 11) is 3.51. The van der Waals surface area contributed by atoms with Gasteiger partial charge in [-0.1, -0.05) is 18.2 Å². The van der Waals surface area contributed by atoms with E-state index < -0.39 is 23.9 Å². The van der Waals surface area contributed by atoms with Crippen molar-refractivity contribution in [3.63, 3.8) is 0 Å². The second-order valence-corrected chi connectivity index (χ2v) is 24.7. The number of hydrogen-bond donors (Lipinski definition) is 5. The van der Waals surface area contributed by atoms with Crippen LogP contribution in [0.5, 0.6) is 17.2 Å². The van der Waals surface area contributed by atoms with Crippen LogP contribution in [-0.2, 0) is 95.6 Å². The minimum Gasteiger partial charge on any atom is -0.508 e. The number of phenols is 2. The Kier molecular flexibility index (Phi) is 23.0. The number of fused-ring (bicyclic) bond motifs is 3. The SMILES string of the molecule is CC(=O)O.CC(=O)O[B]OC(C)=O.COC(=O)C1CC(=O)C1.COC(=O)C1CC(N2CC3(Cc4ccc(O)cc4C3)C2)C1.O=C(O)C1CC(N2CC3(Cc4ccc(OCC5CCCOC5)cc4C3)C2)C1.Oc1ccc2c(c1)CC1(CNC1)C2.[Na+]. The minimum atomic E-state index is -0.833. The van der Waals surface area contributed by atoms with E-state index in [0.717, 1.165) is 136 Å². The maximum atomic E-state index is 11.4. The van der Waals surface area contributed by atoms with Crippen molar-refractivity contribution in [2.75, 3.05) is 73.3 Å². The number of hydrogen-bond acceptors (Lipinski definition) is 18. The van der Waals surface area contributed by atoms with Crippen molar-refractivity contribution in [1.82, 2.24) is 15.1 Å². The average Bonchev–Trinajstić information content (AvgIpc) is 1.65. The number of phenolic OH excluding ortho intramolecular Hbond substituents is 2. The Morgan fingerprint density at radius 3 is 1.50 bits per heavy atom. The molecular weight excluding hydrogens is 1090 g/mol. The van der Waals surface area contributed by atoms with E-state index in [1.54, 1.807) is 12.1 Å². The number of esters is 2. The Hall–Kier alpha value is -5.55. The fraction of sp³-hybridized carbons (Fsp3) is 0.597. The number of likely N-dealkylation sites (tertiary alicyclic amines) is 2. The van der Waals surface area contributed by atoms with Crippen LogP contribution in [0.3, 0.4) is 0 Å². The zero-order valence-electron chi connectivity index (χ0n) is 49.5. The summed E-state index contributed by atoms with van der Waals surface area (Å²) in [5.74, 6) is -0.463. The summed E-state index contributed by atoms with van der Waals surface area (Å²) >= 11 is 0. The van der Waals surface area contributed by atoms with Gasteiger partial charge in [0, 0.05) is 114 Å². The van der Waals surface area contributed by atoms with Crippen LogP contribution in [0.1, 0.15) is 106 Å². The second kappa shape index (κ2) is 29.2. The molecule has 3 spiro atoms. The predicted octanol–water partition coefficient (Wildman–Crippen LogP) is 2.46. The number of nitrogens with zero attached hydrogens (tertiary/aromatic N) is 2. The summed E-state index contributed by atoms with van der Waals surface area (Å²) in [5.41, 5.74) is 9.67. The molecular formula is C62H81BN3NaO17+. The average molecular weight is 1170 g/mol. The molecule has 0 bridgehead atoms. The molecule has 5 N–H and O–H groups in total. The minimum absolute atomic E-state index is 0. The number of methoxy groups -OCH3 is 2. The number of carboxylic acids is 2. The zero-order valence-corrected chi connectivity index (χ0v) is 51.5. The second-order valence-electron chi connectivity index (χ2n) is 24.7. The van der Waals surface area contributed by atoms with Gasteiger partial charge in [0.25, 0.3) is 17.9 Å². The molecule has 13 rings (SSSR count). The molecule has 4 aliphatic heterocycles. The topological polar surface area (TPSA) is 274 Å². The number of carbonyl (C=O) groups excluding carboxylic acids is 5. The zero-order chi connectivity index (χ0) is 59.6. The number of Topliss-reactive ketones (excluding diaryl/α,β-unsaturated/α-hetero) is 1. The summed E-state index contributed by atoms with van der Waals surface area (Å²) < 4.78 is 29.1. The fourth-order valence-electron chi connectivity index (χ4n) is 13.3.